The van der Waals surface area contributed by atoms with Crippen molar-refractivity contribution in [1.82, 2.24) is 5.32 Å². The monoisotopic (exact) mass is 273 g/mol. The van der Waals surface area contributed by atoms with E-state index < -0.39 is 0 Å². The molecule has 0 amide bonds. The Kier molecular flexibility index (Phi) is 6.26. The molecule has 1 aromatic heterocycles. The number of nitrogens with one attached hydrogen (secondary N) is 1. The molecule has 1 heterocycles. The van der Waals surface area contributed by atoms with Crippen LogP contribution in [0.2, 0.25) is 4.34 Å². The van der Waals surface area contributed by atoms with Crippen molar-refractivity contribution in [2.45, 2.75) is 13.3 Å². The first kappa shape index (κ1) is 14.2. The Morgan fingerprint density at radius 3 is 2.94 bits per heavy atom. The van der Waals surface area contributed by atoms with Crippen LogP contribution >= 0.6 is 22.9 Å². The van der Waals surface area contributed by atoms with Gasteiger partial charge in [-0.2, -0.15) is 0 Å². The summed E-state index contributed by atoms with van der Waals surface area (Å²) in [6, 6.07) is 3.94. The fourth-order valence-corrected chi connectivity index (χ4v) is 2.36. The van der Waals surface area contributed by atoms with E-state index in [1.54, 1.807) is 18.3 Å². The van der Waals surface area contributed by atoms with Gasteiger partial charge >= 0.3 is 5.97 Å². The second-order valence-corrected chi connectivity index (χ2v) is 5.34. The third-order valence-electron chi connectivity index (χ3n) is 2.24. The zero-order chi connectivity index (χ0) is 12.7. The predicted molar refractivity (Wildman–Crippen MR) is 71.7 cm³/mol. The fourth-order valence-electron chi connectivity index (χ4n) is 1.27. The van der Waals surface area contributed by atoms with E-state index >= 15 is 0 Å². The molecular formula is C12H16ClNO2S. The molecule has 0 aliphatic heterocycles. The van der Waals surface area contributed by atoms with Crippen molar-refractivity contribution < 1.29 is 9.53 Å². The van der Waals surface area contributed by atoms with Crippen molar-refractivity contribution in [3.8, 4) is 0 Å². The van der Waals surface area contributed by atoms with Gasteiger partial charge in [0.25, 0.3) is 0 Å². The smallest absolute Gasteiger partial charge is 0.333 e. The van der Waals surface area contributed by atoms with Crippen LogP contribution in [0.4, 0.5) is 0 Å². The Bertz CT molecular complexity index is 401. The summed E-state index contributed by atoms with van der Waals surface area (Å²) in [7, 11) is 1.38. The Morgan fingerprint density at radius 1 is 1.59 bits per heavy atom. The Labute approximate surface area is 110 Å². The fraction of sp³-hybridized carbons (Fsp3) is 0.417. The number of carbonyl (C=O) groups excluding carboxylic acids is 1. The summed E-state index contributed by atoms with van der Waals surface area (Å²) in [6.07, 6.45) is 2.77. The van der Waals surface area contributed by atoms with Gasteiger partial charge in [0, 0.05) is 23.5 Å². The molecule has 1 aromatic rings. The summed E-state index contributed by atoms with van der Waals surface area (Å²) in [6.45, 7) is 3.27. The molecule has 0 unspecified atom stereocenters. The first-order chi connectivity index (χ1) is 8.13. The van der Waals surface area contributed by atoms with Crippen LogP contribution < -0.4 is 5.32 Å². The van der Waals surface area contributed by atoms with Crippen molar-refractivity contribution in [2.24, 2.45) is 0 Å². The normalized spacial score (nSPS) is 11.6. The number of esters is 1. The third kappa shape index (κ3) is 5.35. The maximum absolute atomic E-state index is 11.1. The molecule has 0 radical (unpaired) electrons. The van der Waals surface area contributed by atoms with Gasteiger partial charge in [-0.1, -0.05) is 17.7 Å². The lowest BCUT2D eigenvalue weighted by molar-refractivity contribution is -0.136. The second kappa shape index (κ2) is 7.48. The van der Waals surface area contributed by atoms with E-state index in [9.17, 15) is 4.79 Å². The molecule has 0 aromatic carbocycles. The van der Waals surface area contributed by atoms with Crippen LogP contribution in [0.25, 0.3) is 0 Å². The number of methoxy groups -OCH3 is 1. The highest BCUT2D eigenvalue weighted by Crippen LogP contribution is 2.21. The lowest BCUT2D eigenvalue weighted by Gasteiger charge is -2.01. The Balaban J connectivity index is 2.18. The van der Waals surface area contributed by atoms with E-state index in [0.29, 0.717) is 12.1 Å². The van der Waals surface area contributed by atoms with E-state index in [-0.39, 0.29) is 5.97 Å². The molecule has 0 bridgehead atoms. The average molecular weight is 274 g/mol. The van der Waals surface area contributed by atoms with E-state index in [1.165, 1.54) is 12.0 Å². The zero-order valence-corrected chi connectivity index (χ0v) is 11.5. The van der Waals surface area contributed by atoms with Gasteiger partial charge in [0.05, 0.1) is 11.4 Å². The first-order valence-electron chi connectivity index (χ1n) is 5.33. The Morgan fingerprint density at radius 2 is 2.35 bits per heavy atom. The molecule has 0 atom stereocenters. The van der Waals surface area contributed by atoms with Crippen LogP contribution in [0.5, 0.6) is 0 Å². The zero-order valence-electron chi connectivity index (χ0n) is 9.96. The molecule has 0 aliphatic rings. The predicted octanol–water partition coefficient (Wildman–Crippen LogP) is 2.65. The molecule has 0 saturated carbocycles. The quantitative estimate of drug-likeness (QED) is 0.492. The van der Waals surface area contributed by atoms with Crippen LogP contribution in [-0.2, 0) is 16.0 Å². The van der Waals surface area contributed by atoms with Crippen LogP contribution in [0.1, 0.15) is 11.8 Å². The standard InChI is InChI=1S/C12H16ClNO2S/c1-9(12(15)16-2)5-7-14-8-6-10-3-4-11(13)17-10/h3-5,14H,6-8H2,1-2H3/b9-5+. The van der Waals surface area contributed by atoms with Gasteiger partial charge in [-0.3, -0.25) is 0 Å². The number of carbonyl (C=O) groups is 1. The van der Waals surface area contributed by atoms with Crippen LogP contribution in [-0.4, -0.2) is 26.2 Å². The number of thiophene rings is 1. The van der Waals surface area contributed by atoms with Gasteiger partial charge in [0.2, 0.25) is 0 Å². The van der Waals surface area contributed by atoms with Gasteiger partial charge in [-0.05, 0) is 25.5 Å². The van der Waals surface area contributed by atoms with E-state index in [1.807, 2.05) is 18.2 Å². The molecule has 94 valence electrons. The third-order valence-corrected chi connectivity index (χ3v) is 3.53. The lowest BCUT2D eigenvalue weighted by atomic mass is 10.3. The van der Waals surface area contributed by atoms with Gasteiger partial charge in [-0.15, -0.1) is 11.3 Å². The maximum atomic E-state index is 11.1. The van der Waals surface area contributed by atoms with Crippen molar-refractivity contribution in [1.29, 1.82) is 0 Å². The SMILES string of the molecule is COC(=O)/C(C)=C/CNCCc1ccc(Cl)s1. The number of halogens is 1. The molecule has 0 spiro atoms. The number of ether oxygens (including phenoxy) is 1. The topological polar surface area (TPSA) is 38.3 Å². The second-order valence-electron chi connectivity index (χ2n) is 3.54. The molecule has 1 N–H and O–H groups in total. The molecular weight excluding hydrogens is 258 g/mol. The van der Waals surface area contributed by atoms with Gasteiger partial charge < -0.3 is 10.1 Å². The van der Waals surface area contributed by atoms with E-state index in [0.717, 1.165) is 17.3 Å². The number of hydrogen-bond donors (Lipinski definition) is 1. The molecule has 0 aliphatic carbocycles. The summed E-state index contributed by atoms with van der Waals surface area (Å²) in [5.74, 6) is -0.281. The molecule has 5 heteroatoms. The van der Waals surface area contributed by atoms with E-state index in [2.05, 4.69) is 10.1 Å². The highest BCUT2D eigenvalue weighted by atomic mass is 35.5. The summed E-state index contributed by atoms with van der Waals surface area (Å²) in [5.41, 5.74) is 0.624. The summed E-state index contributed by atoms with van der Waals surface area (Å²) < 4.78 is 5.41. The van der Waals surface area contributed by atoms with E-state index in [4.69, 9.17) is 11.6 Å². The molecule has 1 rings (SSSR count). The molecule has 17 heavy (non-hydrogen) atoms. The highest BCUT2D eigenvalue weighted by molar-refractivity contribution is 7.16. The number of hydrogen-bond acceptors (Lipinski definition) is 4. The lowest BCUT2D eigenvalue weighted by Crippen LogP contribution is -2.17. The van der Waals surface area contributed by atoms with Crippen molar-refractivity contribution in [2.75, 3.05) is 20.2 Å². The van der Waals surface area contributed by atoms with Gasteiger partial charge in [0.1, 0.15) is 0 Å². The molecule has 0 fully saturated rings. The minimum absolute atomic E-state index is 0.281. The van der Waals surface area contributed by atoms with Crippen molar-refractivity contribution in [3.05, 3.63) is 33.0 Å². The minimum Gasteiger partial charge on any atom is -0.466 e. The Hall–Kier alpha value is -0.840. The first-order valence-corrected chi connectivity index (χ1v) is 6.53. The van der Waals surface area contributed by atoms with Crippen LogP contribution in [0, 0.1) is 0 Å². The molecule has 3 nitrogen and oxygen atoms in total. The van der Waals surface area contributed by atoms with Gasteiger partial charge in [-0.25, -0.2) is 4.79 Å². The van der Waals surface area contributed by atoms with Crippen LogP contribution in [0.15, 0.2) is 23.8 Å². The molecule has 0 saturated heterocycles. The number of rotatable bonds is 6. The summed E-state index contributed by atoms with van der Waals surface area (Å²) in [4.78, 5) is 12.3. The largest absolute Gasteiger partial charge is 0.466 e. The summed E-state index contributed by atoms with van der Waals surface area (Å²) >= 11 is 7.43. The van der Waals surface area contributed by atoms with Crippen molar-refractivity contribution >= 4 is 28.9 Å². The maximum Gasteiger partial charge on any atom is 0.333 e. The van der Waals surface area contributed by atoms with Crippen molar-refractivity contribution in [3.63, 3.8) is 0 Å². The highest BCUT2D eigenvalue weighted by Gasteiger charge is 2.01. The summed E-state index contributed by atoms with van der Waals surface area (Å²) in [5, 5.41) is 3.23. The van der Waals surface area contributed by atoms with Gasteiger partial charge in [0.15, 0.2) is 0 Å². The average Bonchev–Trinajstić information content (AvgIpc) is 2.73. The van der Waals surface area contributed by atoms with Crippen LogP contribution in [0.3, 0.4) is 0 Å². The minimum atomic E-state index is -0.281.